The molecule has 0 spiro atoms. The van der Waals surface area contributed by atoms with E-state index in [1.54, 1.807) is 68.0 Å². The van der Waals surface area contributed by atoms with Crippen LogP contribution in [-0.4, -0.2) is 19.9 Å². The average Bonchev–Trinajstić information content (AvgIpc) is 3.71. The molecule has 0 aliphatic heterocycles. The summed E-state index contributed by atoms with van der Waals surface area (Å²) in [6.07, 6.45) is 3.69. The predicted octanol–water partition coefficient (Wildman–Crippen LogP) is 9.76. The predicted molar refractivity (Wildman–Crippen MR) is 159 cm³/mol. The lowest BCUT2D eigenvalue weighted by molar-refractivity contribution is 1.34. The summed E-state index contributed by atoms with van der Waals surface area (Å²) in [5.74, 6) is 0. The highest BCUT2D eigenvalue weighted by Gasteiger charge is 2.18. The molecule has 0 fully saturated rings. The second kappa shape index (κ2) is 8.34. The molecule has 36 heavy (non-hydrogen) atoms. The normalized spacial score (nSPS) is 11.9. The minimum absolute atomic E-state index is 1.02. The van der Waals surface area contributed by atoms with Crippen LogP contribution < -0.4 is 0 Å². The van der Waals surface area contributed by atoms with Crippen LogP contribution >= 0.6 is 68.0 Å². The quantitative estimate of drug-likeness (QED) is 0.211. The molecule has 8 aromatic rings. The molecule has 0 atom stereocenters. The van der Waals surface area contributed by atoms with Crippen molar-refractivity contribution in [3.8, 4) is 40.9 Å². The number of hydrogen-bond donors (Lipinski definition) is 0. The lowest BCUT2D eigenvalue weighted by atomic mass is 10.3. The highest BCUT2D eigenvalue weighted by atomic mass is 32.1. The molecule has 0 aliphatic rings. The molecule has 0 bridgehead atoms. The van der Waals surface area contributed by atoms with E-state index in [1.807, 2.05) is 36.7 Å². The Morgan fingerprint density at radius 2 is 0.861 bits per heavy atom. The van der Waals surface area contributed by atoms with Crippen molar-refractivity contribution in [2.45, 2.75) is 0 Å². The van der Waals surface area contributed by atoms with Gasteiger partial charge in [-0.15, -0.1) is 45.3 Å². The molecule has 0 saturated carbocycles. The van der Waals surface area contributed by atoms with Crippen LogP contribution in [-0.2, 0) is 0 Å². The molecule has 0 saturated heterocycles. The van der Waals surface area contributed by atoms with E-state index >= 15 is 0 Å². The summed E-state index contributed by atoms with van der Waals surface area (Å²) in [4.78, 5) is 25.7. The Morgan fingerprint density at radius 3 is 1.28 bits per heavy atom. The Balaban J connectivity index is 1.09. The molecule has 0 radical (unpaired) electrons. The van der Waals surface area contributed by atoms with E-state index in [1.165, 1.54) is 38.3 Å². The maximum Gasteiger partial charge on any atom is 0.155 e. The van der Waals surface area contributed by atoms with Crippen molar-refractivity contribution >= 4 is 96.5 Å². The number of thiophene rings is 4. The summed E-state index contributed by atoms with van der Waals surface area (Å²) in [5, 5.41) is 2.10. The molecule has 0 unspecified atom stereocenters. The first-order valence-electron chi connectivity index (χ1n) is 10.9. The Labute approximate surface area is 228 Å². The third-order valence-corrected chi connectivity index (χ3v) is 12.6. The second-order valence-corrected chi connectivity index (χ2v) is 14.3. The van der Waals surface area contributed by atoms with Crippen LogP contribution in [0.15, 0.2) is 73.1 Å². The van der Waals surface area contributed by atoms with Gasteiger partial charge in [-0.05, 0) is 48.5 Å². The van der Waals surface area contributed by atoms with E-state index in [4.69, 9.17) is 9.97 Å². The van der Waals surface area contributed by atoms with E-state index in [2.05, 4.69) is 46.4 Å². The number of thiazole rings is 2. The van der Waals surface area contributed by atoms with Crippen LogP contribution in [0.2, 0.25) is 0 Å². The van der Waals surface area contributed by atoms with Crippen molar-refractivity contribution in [2.24, 2.45) is 0 Å². The van der Waals surface area contributed by atoms with Gasteiger partial charge in [0.1, 0.15) is 10.0 Å². The first kappa shape index (κ1) is 21.2. The van der Waals surface area contributed by atoms with E-state index in [-0.39, 0.29) is 0 Å². The standard InChI is InChI=1S/C26H12N4S6/c1-3-7-27-13(5-1)15-9-17-19(31-15)11-21(33-17)23-29-25-26(35-23)30-24(36-25)22-12-20-18(34-22)10-16(32-20)14-6-2-4-8-28-14/h1-12H. The molecule has 0 amide bonds. The first-order chi connectivity index (χ1) is 17.8. The van der Waals surface area contributed by atoms with Crippen molar-refractivity contribution in [3.05, 3.63) is 73.1 Å². The van der Waals surface area contributed by atoms with Gasteiger partial charge < -0.3 is 0 Å². The number of nitrogens with zero attached hydrogens (tertiary/aromatic N) is 4. The van der Waals surface area contributed by atoms with Crippen molar-refractivity contribution in [2.75, 3.05) is 0 Å². The van der Waals surface area contributed by atoms with Crippen LogP contribution in [0.1, 0.15) is 0 Å². The van der Waals surface area contributed by atoms with Gasteiger partial charge in [0.25, 0.3) is 0 Å². The van der Waals surface area contributed by atoms with Gasteiger partial charge in [0.15, 0.2) is 9.66 Å². The molecule has 4 nitrogen and oxygen atoms in total. The van der Waals surface area contributed by atoms with Crippen LogP contribution in [0.5, 0.6) is 0 Å². The minimum Gasteiger partial charge on any atom is -0.255 e. The molecule has 8 heterocycles. The maximum atomic E-state index is 4.96. The van der Waals surface area contributed by atoms with Crippen molar-refractivity contribution in [3.63, 3.8) is 0 Å². The van der Waals surface area contributed by atoms with E-state index in [9.17, 15) is 0 Å². The van der Waals surface area contributed by atoms with Gasteiger partial charge in [0.05, 0.1) is 30.9 Å². The van der Waals surface area contributed by atoms with Gasteiger partial charge in [-0.2, -0.15) is 0 Å². The van der Waals surface area contributed by atoms with E-state index in [0.717, 1.165) is 31.1 Å². The Hall–Kier alpha value is -2.86. The number of fused-ring (bicyclic) bond motifs is 3. The first-order valence-corrected chi connectivity index (χ1v) is 15.8. The number of pyridine rings is 2. The van der Waals surface area contributed by atoms with Crippen LogP contribution in [0, 0.1) is 0 Å². The third-order valence-electron chi connectivity index (χ3n) is 5.65. The molecular formula is C26H12N4S6. The molecule has 10 heteroatoms. The molecule has 8 rings (SSSR count). The molecule has 172 valence electrons. The molecule has 0 aliphatic carbocycles. The third kappa shape index (κ3) is 3.56. The van der Waals surface area contributed by atoms with Gasteiger partial charge in [-0.25, -0.2) is 9.97 Å². The lowest BCUT2D eigenvalue weighted by Gasteiger charge is -1.93. The minimum atomic E-state index is 1.02. The SMILES string of the molecule is c1ccc(-c2cc3sc(-c4nc5sc(-c6cc7sc(-c8ccccn8)cc7s6)nc5s4)cc3s2)nc1. The number of aromatic nitrogens is 4. The molecule has 0 aromatic carbocycles. The molecular weight excluding hydrogens is 561 g/mol. The fraction of sp³-hybridized carbons (Fsp3) is 0. The monoisotopic (exact) mass is 572 g/mol. The number of rotatable bonds is 4. The summed E-state index contributed by atoms with van der Waals surface area (Å²) < 4.78 is 5.14. The van der Waals surface area contributed by atoms with Gasteiger partial charge in [0, 0.05) is 31.2 Å². The van der Waals surface area contributed by atoms with E-state index < -0.39 is 0 Å². The summed E-state index contributed by atoms with van der Waals surface area (Å²) in [7, 11) is 0. The van der Waals surface area contributed by atoms with Crippen molar-refractivity contribution in [1.29, 1.82) is 0 Å². The summed E-state index contributed by atoms with van der Waals surface area (Å²) >= 11 is 10.5. The Bertz CT molecular complexity index is 1770. The fourth-order valence-corrected chi connectivity index (χ4v) is 10.9. The van der Waals surface area contributed by atoms with Gasteiger partial charge in [0.2, 0.25) is 0 Å². The average molecular weight is 573 g/mol. The lowest BCUT2D eigenvalue weighted by Crippen LogP contribution is -1.75. The van der Waals surface area contributed by atoms with Crippen molar-refractivity contribution < 1.29 is 0 Å². The Morgan fingerprint density at radius 1 is 0.444 bits per heavy atom. The highest BCUT2D eigenvalue weighted by Crippen LogP contribution is 2.46. The second-order valence-electron chi connectivity index (χ2n) is 7.98. The van der Waals surface area contributed by atoms with Crippen LogP contribution in [0.3, 0.4) is 0 Å². The summed E-state index contributed by atoms with van der Waals surface area (Å²) in [6.45, 7) is 0. The molecule has 0 N–H and O–H groups in total. The van der Waals surface area contributed by atoms with Gasteiger partial charge >= 0.3 is 0 Å². The maximum absolute atomic E-state index is 4.96. The summed E-state index contributed by atoms with van der Waals surface area (Å²) in [5.41, 5.74) is 2.06. The van der Waals surface area contributed by atoms with Crippen LogP contribution in [0.25, 0.3) is 69.4 Å². The zero-order valence-corrected chi connectivity index (χ0v) is 23.1. The van der Waals surface area contributed by atoms with Gasteiger partial charge in [-0.3, -0.25) is 9.97 Å². The number of hydrogen-bond acceptors (Lipinski definition) is 10. The fourth-order valence-electron chi connectivity index (χ4n) is 4.00. The van der Waals surface area contributed by atoms with E-state index in [0.29, 0.717) is 0 Å². The zero-order valence-electron chi connectivity index (χ0n) is 18.2. The zero-order chi connectivity index (χ0) is 23.6. The topological polar surface area (TPSA) is 51.6 Å². The smallest absolute Gasteiger partial charge is 0.155 e. The highest BCUT2D eigenvalue weighted by molar-refractivity contribution is 7.35. The molecule has 8 aromatic heterocycles. The largest absolute Gasteiger partial charge is 0.255 e. The van der Waals surface area contributed by atoms with Crippen LogP contribution in [0.4, 0.5) is 0 Å². The summed E-state index contributed by atoms with van der Waals surface area (Å²) in [6, 6.07) is 21.1. The Kier molecular flexibility index (Phi) is 4.92. The van der Waals surface area contributed by atoms with Gasteiger partial charge in [-0.1, -0.05) is 34.8 Å². The van der Waals surface area contributed by atoms with Crippen molar-refractivity contribution in [1.82, 2.24) is 19.9 Å².